The minimum Gasteiger partial charge on any atom is -0.165 e. The molecule has 38 valence electrons. The summed E-state index contributed by atoms with van der Waals surface area (Å²) in [5.74, 6) is 2.22. The molecule has 0 rings (SSSR count). The molecule has 0 saturated heterocycles. The lowest BCUT2D eigenvalue weighted by atomic mass is 11.0. The lowest BCUT2D eigenvalue weighted by Crippen LogP contribution is -1.74. The van der Waals surface area contributed by atoms with Crippen LogP contribution in [0.3, 0.4) is 0 Å². The van der Waals surface area contributed by atoms with Gasteiger partial charge in [0, 0.05) is 11.5 Å². The van der Waals surface area contributed by atoms with Gasteiger partial charge in [-0.1, -0.05) is 11.0 Å². The molecule has 0 amide bonds. The summed E-state index contributed by atoms with van der Waals surface area (Å²) < 4.78 is 0. The van der Waals surface area contributed by atoms with Crippen LogP contribution in [-0.4, -0.2) is 17.8 Å². The van der Waals surface area contributed by atoms with Crippen molar-refractivity contribution >= 4 is 33.4 Å². The van der Waals surface area contributed by atoms with Gasteiger partial charge in [0.2, 0.25) is 0 Å². The van der Waals surface area contributed by atoms with Gasteiger partial charge in [-0.2, -0.15) is 11.8 Å². The molecule has 0 radical (unpaired) electrons. The summed E-state index contributed by atoms with van der Waals surface area (Å²) in [5, 5.41) is 0. The van der Waals surface area contributed by atoms with E-state index in [0.717, 1.165) is 11.5 Å². The van der Waals surface area contributed by atoms with Crippen LogP contribution in [0.5, 0.6) is 0 Å². The quantitative estimate of drug-likeness (QED) is 0.555. The average molecular weight is 143 g/mol. The van der Waals surface area contributed by atoms with Gasteiger partial charge in [0.1, 0.15) is 0 Å². The van der Waals surface area contributed by atoms with Crippen molar-refractivity contribution in [2.24, 2.45) is 0 Å². The van der Waals surface area contributed by atoms with Crippen molar-refractivity contribution in [1.82, 2.24) is 0 Å². The van der Waals surface area contributed by atoms with Crippen molar-refractivity contribution < 1.29 is 0 Å². The molecular formula is C3H7ClS2. The van der Waals surface area contributed by atoms with E-state index in [4.69, 9.17) is 10.7 Å². The van der Waals surface area contributed by atoms with Crippen molar-refractivity contribution in [3.63, 3.8) is 0 Å². The molecule has 0 saturated carbocycles. The molecule has 0 fully saturated rings. The van der Waals surface area contributed by atoms with Crippen LogP contribution >= 0.6 is 33.4 Å². The van der Waals surface area contributed by atoms with Gasteiger partial charge in [-0.3, -0.25) is 0 Å². The summed E-state index contributed by atoms with van der Waals surface area (Å²) in [4.78, 5) is 0. The highest BCUT2D eigenvalue weighted by atomic mass is 35.7. The molecular weight excluding hydrogens is 136 g/mol. The van der Waals surface area contributed by atoms with E-state index in [1.807, 2.05) is 11.8 Å². The second-order valence-electron chi connectivity index (χ2n) is 0.806. The molecule has 0 aliphatic carbocycles. The Morgan fingerprint density at radius 1 is 1.50 bits per heavy atom. The summed E-state index contributed by atoms with van der Waals surface area (Å²) >= 11 is 1.82. The first-order chi connectivity index (χ1) is 2.91. The average Bonchev–Trinajstić information content (AvgIpc) is 1.61. The first-order valence-electron chi connectivity index (χ1n) is 1.64. The van der Waals surface area contributed by atoms with E-state index in [1.54, 1.807) is 0 Å². The first kappa shape index (κ1) is 6.99. The molecule has 0 nitrogen and oxygen atoms in total. The molecule has 0 unspecified atom stereocenters. The lowest BCUT2D eigenvalue weighted by Gasteiger charge is -1.84. The molecule has 0 heterocycles. The largest absolute Gasteiger partial charge is 0.165 e. The highest BCUT2D eigenvalue weighted by Crippen LogP contribution is 2.07. The van der Waals surface area contributed by atoms with Crippen molar-refractivity contribution in [1.29, 1.82) is 0 Å². The van der Waals surface area contributed by atoms with Crippen LogP contribution in [-0.2, 0) is 0 Å². The van der Waals surface area contributed by atoms with Gasteiger partial charge in [0.15, 0.2) is 0 Å². The molecule has 3 heteroatoms. The zero-order chi connectivity index (χ0) is 4.83. The van der Waals surface area contributed by atoms with Gasteiger partial charge in [0.05, 0.1) is 0 Å². The predicted molar refractivity (Wildman–Crippen MR) is 36.7 cm³/mol. The second-order valence-corrected chi connectivity index (χ2v) is 3.07. The highest BCUT2D eigenvalue weighted by molar-refractivity contribution is 8.21. The minimum atomic E-state index is 1.06. The maximum absolute atomic E-state index is 5.28. The summed E-state index contributed by atoms with van der Waals surface area (Å²) in [7, 11) is 6.66. The van der Waals surface area contributed by atoms with E-state index in [2.05, 4.69) is 6.26 Å². The zero-order valence-corrected chi connectivity index (χ0v) is 6.00. The maximum Gasteiger partial charge on any atom is 0.0176 e. The molecule has 0 N–H and O–H groups in total. The second kappa shape index (κ2) is 5.99. The Balaban J connectivity index is 2.34. The summed E-state index contributed by atoms with van der Waals surface area (Å²) in [6.07, 6.45) is 2.08. The molecule has 0 atom stereocenters. The van der Waals surface area contributed by atoms with Crippen LogP contribution in [0.2, 0.25) is 0 Å². The summed E-state index contributed by atoms with van der Waals surface area (Å²) in [6.45, 7) is 0. The predicted octanol–water partition coefficient (Wildman–Crippen LogP) is 2.24. The monoisotopic (exact) mass is 142 g/mol. The van der Waals surface area contributed by atoms with Crippen LogP contribution in [0.1, 0.15) is 0 Å². The van der Waals surface area contributed by atoms with Gasteiger partial charge in [-0.05, 0) is 16.9 Å². The van der Waals surface area contributed by atoms with Gasteiger partial charge in [-0.15, -0.1) is 0 Å². The lowest BCUT2D eigenvalue weighted by molar-refractivity contribution is 1.57. The molecule has 0 bridgehead atoms. The van der Waals surface area contributed by atoms with E-state index in [0.29, 0.717) is 0 Å². The first-order valence-corrected chi connectivity index (χ1v) is 4.85. The Kier molecular flexibility index (Phi) is 6.98. The third kappa shape index (κ3) is 4.99. The Hall–Kier alpha value is 0.990. The minimum absolute atomic E-state index is 1.06. The molecule has 0 aliphatic heterocycles. The third-order valence-corrected chi connectivity index (χ3v) is 2.06. The van der Waals surface area contributed by atoms with E-state index in [-0.39, 0.29) is 0 Å². The number of halogens is 1. The normalized spacial score (nSPS) is 9.00. The number of thioether (sulfide) groups is 1. The fourth-order valence-corrected chi connectivity index (χ4v) is 1.60. The molecule has 0 aromatic rings. The van der Waals surface area contributed by atoms with Crippen LogP contribution in [0, 0.1) is 0 Å². The standard InChI is InChI=1S/C3H7ClS2/c1-5-2-3-6-4/h2-3H2,1H3. The molecule has 0 spiro atoms. The summed E-state index contributed by atoms with van der Waals surface area (Å²) in [5.41, 5.74) is 0. The maximum atomic E-state index is 5.28. The van der Waals surface area contributed by atoms with Crippen molar-refractivity contribution in [2.45, 2.75) is 0 Å². The van der Waals surface area contributed by atoms with Crippen LogP contribution < -0.4 is 0 Å². The number of hydrogen-bond donors (Lipinski definition) is 0. The van der Waals surface area contributed by atoms with Gasteiger partial charge in [-0.25, -0.2) is 0 Å². The van der Waals surface area contributed by atoms with Crippen molar-refractivity contribution in [2.75, 3.05) is 17.8 Å². The molecule has 6 heavy (non-hydrogen) atoms. The highest BCUT2D eigenvalue weighted by Gasteiger charge is 1.77. The van der Waals surface area contributed by atoms with Crippen LogP contribution in [0.15, 0.2) is 0 Å². The Bertz CT molecular complexity index is 20.8. The van der Waals surface area contributed by atoms with E-state index in [1.165, 1.54) is 11.0 Å². The van der Waals surface area contributed by atoms with E-state index < -0.39 is 0 Å². The Morgan fingerprint density at radius 2 is 2.17 bits per heavy atom. The fraction of sp³-hybridized carbons (Fsp3) is 1.00. The van der Waals surface area contributed by atoms with E-state index >= 15 is 0 Å². The SMILES string of the molecule is CSCCSCl. The topological polar surface area (TPSA) is 0 Å². The number of rotatable bonds is 3. The fourth-order valence-electron chi connectivity index (χ4n) is 0.115. The Labute approximate surface area is 51.5 Å². The van der Waals surface area contributed by atoms with Gasteiger partial charge >= 0.3 is 0 Å². The van der Waals surface area contributed by atoms with Crippen molar-refractivity contribution in [3.8, 4) is 0 Å². The van der Waals surface area contributed by atoms with Crippen LogP contribution in [0.25, 0.3) is 0 Å². The molecule has 0 aliphatic rings. The number of hydrogen-bond acceptors (Lipinski definition) is 2. The smallest absolute Gasteiger partial charge is 0.0176 e. The third-order valence-electron chi connectivity index (χ3n) is 0.365. The molecule has 0 aromatic heterocycles. The van der Waals surface area contributed by atoms with Crippen LogP contribution in [0.4, 0.5) is 0 Å². The van der Waals surface area contributed by atoms with E-state index in [9.17, 15) is 0 Å². The molecule has 0 aromatic carbocycles. The van der Waals surface area contributed by atoms with Gasteiger partial charge in [0.25, 0.3) is 0 Å². The van der Waals surface area contributed by atoms with Gasteiger partial charge < -0.3 is 0 Å². The Morgan fingerprint density at radius 3 is 2.33 bits per heavy atom. The van der Waals surface area contributed by atoms with Crippen molar-refractivity contribution in [3.05, 3.63) is 0 Å². The summed E-state index contributed by atoms with van der Waals surface area (Å²) in [6, 6.07) is 0. The zero-order valence-electron chi connectivity index (χ0n) is 3.61.